The first-order chi connectivity index (χ1) is 10.3. The Morgan fingerprint density at radius 1 is 1.33 bits per heavy atom. The van der Waals surface area contributed by atoms with Gasteiger partial charge in [-0.05, 0) is 43.7 Å². The highest BCUT2D eigenvalue weighted by Crippen LogP contribution is 2.37. The van der Waals surface area contributed by atoms with E-state index >= 15 is 0 Å². The van der Waals surface area contributed by atoms with Gasteiger partial charge < -0.3 is 4.52 Å². The monoisotopic (exact) mass is 301 g/mol. The predicted octanol–water partition coefficient (Wildman–Crippen LogP) is 4.74. The highest BCUT2D eigenvalue weighted by Gasteiger charge is 2.25. The first-order valence-electron chi connectivity index (χ1n) is 7.64. The van der Waals surface area contributed by atoms with Crippen molar-refractivity contribution in [2.45, 2.75) is 51.4 Å². The molecule has 0 aromatic carbocycles. The van der Waals surface area contributed by atoms with E-state index in [1.807, 2.05) is 6.07 Å². The summed E-state index contributed by atoms with van der Waals surface area (Å²) in [5.74, 6) is 2.71. The molecule has 1 fully saturated rings. The molecule has 0 amide bonds. The fourth-order valence-corrected chi connectivity index (χ4v) is 3.86. The van der Waals surface area contributed by atoms with Crippen LogP contribution < -0.4 is 0 Å². The maximum absolute atomic E-state index is 8.87. The van der Waals surface area contributed by atoms with E-state index in [9.17, 15) is 0 Å². The molecule has 1 aliphatic carbocycles. The topological polar surface area (TPSA) is 62.7 Å². The van der Waals surface area contributed by atoms with Gasteiger partial charge in [0.25, 0.3) is 5.89 Å². The molecule has 2 aromatic rings. The number of nitriles is 1. The minimum Gasteiger partial charge on any atom is -0.333 e. The molecule has 110 valence electrons. The van der Waals surface area contributed by atoms with E-state index in [-0.39, 0.29) is 0 Å². The third-order valence-electron chi connectivity index (χ3n) is 4.28. The zero-order valence-electron chi connectivity index (χ0n) is 12.2. The Balaban J connectivity index is 1.67. The zero-order valence-corrected chi connectivity index (χ0v) is 13.0. The lowest BCUT2D eigenvalue weighted by atomic mass is 9.80. The van der Waals surface area contributed by atoms with Crippen LogP contribution in [0.5, 0.6) is 0 Å². The Morgan fingerprint density at radius 2 is 2.14 bits per heavy atom. The first-order valence-corrected chi connectivity index (χ1v) is 8.45. The summed E-state index contributed by atoms with van der Waals surface area (Å²) in [5.41, 5.74) is 0. The summed E-state index contributed by atoms with van der Waals surface area (Å²) in [6, 6.07) is 5.80. The summed E-state index contributed by atoms with van der Waals surface area (Å²) in [6.07, 6.45) is 7.51. The van der Waals surface area contributed by atoms with Gasteiger partial charge in [-0.3, -0.25) is 0 Å². The molecule has 1 saturated carbocycles. The first kappa shape index (κ1) is 14.3. The second-order valence-electron chi connectivity index (χ2n) is 5.74. The molecule has 0 radical (unpaired) electrons. The number of nitrogens with zero attached hydrogens (tertiary/aromatic N) is 3. The van der Waals surface area contributed by atoms with Crippen molar-refractivity contribution >= 4 is 11.3 Å². The molecule has 0 N–H and O–H groups in total. The van der Waals surface area contributed by atoms with E-state index in [1.54, 1.807) is 6.07 Å². The van der Waals surface area contributed by atoms with Crippen molar-refractivity contribution in [1.29, 1.82) is 5.26 Å². The predicted molar refractivity (Wildman–Crippen MR) is 81.9 cm³/mol. The van der Waals surface area contributed by atoms with E-state index in [1.165, 1.54) is 37.0 Å². The molecule has 0 unspecified atom stereocenters. The molecule has 1 aliphatic rings. The third-order valence-corrected chi connectivity index (χ3v) is 5.26. The maximum atomic E-state index is 8.87. The van der Waals surface area contributed by atoms with Crippen LogP contribution in [0.25, 0.3) is 10.8 Å². The largest absolute Gasteiger partial charge is 0.333 e. The Morgan fingerprint density at radius 3 is 2.81 bits per heavy atom. The molecule has 5 heteroatoms. The van der Waals surface area contributed by atoms with E-state index in [2.05, 4.69) is 23.1 Å². The molecule has 0 saturated heterocycles. The van der Waals surface area contributed by atoms with Crippen LogP contribution in [0.1, 0.15) is 62.1 Å². The normalized spacial score (nSPS) is 22.1. The molecule has 0 aliphatic heterocycles. The third kappa shape index (κ3) is 3.16. The second kappa shape index (κ2) is 6.40. The van der Waals surface area contributed by atoms with Gasteiger partial charge in [-0.15, -0.1) is 11.3 Å². The van der Waals surface area contributed by atoms with Crippen LogP contribution in [-0.2, 0) is 0 Å². The summed E-state index contributed by atoms with van der Waals surface area (Å²) in [4.78, 5) is 6.10. The van der Waals surface area contributed by atoms with Gasteiger partial charge in [0.2, 0.25) is 0 Å². The van der Waals surface area contributed by atoms with Crippen molar-refractivity contribution in [1.82, 2.24) is 10.1 Å². The lowest BCUT2D eigenvalue weighted by Crippen LogP contribution is -2.14. The summed E-state index contributed by atoms with van der Waals surface area (Å²) in [7, 11) is 0. The van der Waals surface area contributed by atoms with Gasteiger partial charge in [-0.25, -0.2) is 0 Å². The molecule has 3 rings (SSSR count). The molecule has 0 spiro atoms. The van der Waals surface area contributed by atoms with E-state index in [0.29, 0.717) is 16.7 Å². The van der Waals surface area contributed by atoms with E-state index in [0.717, 1.165) is 29.5 Å². The Kier molecular flexibility index (Phi) is 4.35. The molecule has 2 heterocycles. The molecule has 0 bridgehead atoms. The quantitative estimate of drug-likeness (QED) is 0.818. The number of thiophene rings is 1. The summed E-state index contributed by atoms with van der Waals surface area (Å²) in [6.45, 7) is 2.26. The molecule has 2 aromatic heterocycles. The van der Waals surface area contributed by atoms with Crippen LogP contribution >= 0.6 is 11.3 Å². The average Bonchev–Trinajstić information content (AvgIpc) is 3.17. The van der Waals surface area contributed by atoms with Crippen LogP contribution in [0.3, 0.4) is 0 Å². The minimum atomic E-state index is 0.436. The van der Waals surface area contributed by atoms with Gasteiger partial charge >= 0.3 is 0 Å². The summed E-state index contributed by atoms with van der Waals surface area (Å²) >= 11 is 1.40. The number of rotatable bonds is 4. The van der Waals surface area contributed by atoms with Gasteiger partial charge in [0.05, 0.1) is 4.88 Å². The second-order valence-corrected chi connectivity index (χ2v) is 6.82. The Hall–Kier alpha value is -1.67. The molecular formula is C16H19N3OS. The molecular weight excluding hydrogens is 282 g/mol. The van der Waals surface area contributed by atoms with E-state index in [4.69, 9.17) is 9.78 Å². The van der Waals surface area contributed by atoms with Crippen LogP contribution in [0.2, 0.25) is 0 Å². The van der Waals surface area contributed by atoms with Crippen LogP contribution in [0.4, 0.5) is 0 Å². The highest BCUT2D eigenvalue weighted by molar-refractivity contribution is 7.15. The van der Waals surface area contributed by atoms with Crippen molar-refractivity contribution in [2.75, 3.05) is 0 Å². The summed E-state index contributed by atoms with van der Waals surface area (Å²) < 4.78 is 5.38. The van der Waals surface area contributed by atoms with Crippen molar-refractivity contribution < 1.29 is 4.52 Å². The Bertz CT molecular complexity index is 632. The lowest BCUT2D eigenvalue weighted by Gasteiger charge is -2.26. The summed E-state index contributed by atoms with van der Waals surface area (Å²) in [5, 5.41) is 13.0. The maximum Gasteiger partial charge on any atom is 0.268 e. The average molecular weight is 301 g/mol. The lowest BCUT2D eigenvalue weighted by molar-refractivity contribution is 0.296. The number of hydrogen-bond acceptors (Lipinski definition) is 5. The molecule has 21 heavy (non-hydrogen) atoms. The number of aromatic nitrogens is 2. The molecule has 4 nitrogen and oxygen atoms in total. The number of hydrogen-bond donors (Lipinski definition) is 0. The van der Waals surface area contributed by atoms with Gasteiger partial charge in [0, 0.05) is 5.92 Å². The van der Waals surface area contributed by atoms with Gasteiger partial charge in [-0.1, -0.05) is 24.9 Å². The standard InChI is InChI=1S/C16H19N3OS/c1-2-3-11-4-6-12(7-5-11)15-18-16(20-19-15)14-9-8-13(10-17)21-14/h8-9,11-12H,2-7H2,1H3. The van der Waals surface area contributed by atoms with Crippen LogP contribution in [-0.4, -0.2) is 10.1 Å². The van der Waals surface area contributed by atoms with Crippen LogP contribution in [0, 0.1) is 17.2 Å². The fourth-order valence-electron chi connectivity index (χ4n) is 3.13. The zero-order chi connectivity index (χ0) is 14.7. The van der Waals surface area contributed by atoms with Gasteiger partial charge in [-0.2, -0.15) is 10.2 Å². The van der Waals surface area contributed by atoms with Gasteiger partial charge in [0.15, 0.2) is 5.82 Å². The van der Waals surface area contributed by atoms with Crippen molar-refractivity contribution in [3.8, 4) is 16.8 Å². The fraction of sp³-hybridized carbons (Fsp3) is 0.562. The van der Waals surface area contributed by atoms with Crippen molar-refractivity contribution in [3.05, 3.63) is 22.8 Å². The van der Waals surface area contributed by atoms with Crippen LogP contribution in [0.15, 0.2) is 16.7 Å². The van der Waals surface area contributed by atoms with E-state index < -0.39 is 0 Å². The Labute approximate surface area is 128 Å². The smallest absolute Gasteiger partial charge is 0.268 e. The minimum absolute atomic E-state index is 0.436. The SMILES string of the molecule is CCCC1CCC(c2noc(-c3ccc(C#N)s3)n2)CC1. The molecule has 0 atom stereocenters. The van der Waals surface area contributed by atoms with Crippen molar-refractivity contribution in [3.63, 3.8) is 0 Å². The van der Waals surface area contributed by atoms with Crippen molar-refractivity contribution in [2.24, 2.45) is 5.92 Å². The highest BCUT2D eigenvalue weighted by atomic mass is 32.1. The van der Waals surface area contributed by atoms with Gasteiger partial charge in [0.1, 0.15) is 10.9 Å².